The Morgan fingerprint density at radius 2 is 2.09 bits per heavy atom. The Morgan fingerprint density at radius 1 is 1.32 bits per heavy atom. The molecule has 22 heavy (non-hydrogen) atoms. The first-order valence-electron chi connectivity index (χ1n) is 8.85. The quantitative estimate of drug-likeness (QED) is 0.602. The first kappa shape index (κ1) is 17.9. The fourth-order valence-corrected chi connectivity index (χ4v) is 4.24. The summed E-state index contributed by atoms with van der Waals surface area (Å²) in [5.41, 5.74) is 0. The summed E-state index contributed by atoms with van der Waals surface area (Å²) in [5, 5.41) is 7.09. The van der Waals surface area contributed by atoms with Crippen LogP contribution in [0.15, 0.2) is 4.99 Å². The van der Waals surface area contributed by atoms with E-state index in [1.807, 2.05) is 11.8 Å². The lowest BCUT2D eigenvalue weighted by molar-refractivity contribution is 0.0794. The minimum absolute atomic E-state index is 0.264. The van der Waals surface area contributed by atoms with Crippen LogP contribution >= 0.6 is 11.8 Å². The molecule has 2 unspecified atom stereocenters. The summed E-state index contributed by atoms with van der Waals surface area (Å²) in [4.78, 5) is 4.92. The summed E-state index contributed by atoms with van der Waals surface area (Å²) in [6, 6.07) is 0.585. The van der Waals surface area contributed by atoms with Crippen molar-refractivity contribution < 1.29 is 4.74 Å². The van der Waals surface area contributed by atoms with Crippen molar-refractivity contribution in [2.75, 3.05) is 32.6 Å². The van der Waals surface area contributed by atoms with Gasteiger partial charge >= 0.3 is 0 Å². The molecule has 2 atom stereocenters. The van der Waals surface area contributed by atoms with Crippen molar-refractivity contribution in [2.45, 2.75) is 63.2 Å². The monoisotopic (exact) mass is 327 g/mol. The number of hydrogen-bond donors (Lipinski definition) is 2. The van der Waals surface area contributed by atoms with Crippen LogP contribution in [0.3, 0.4) is 0 Å². The van der Waals surface area contributed by atoms with E-state index in [0.717, 1.165) is 51.0 Å². The molecule has 2 aliphatic rings. The molecule has 5 heteroatoms. The molecule has 0 aromatic rings. The second kappa shape index (κ2) is 9.02. The van der Waals surface area contributed by atoms with Crippen molar-refractivity contribution in [1.29, 1.82) is 0 Å². The Labute approximate surface area is 140 Å². The first-order chi connectivity index (χ1) is 10.7. The molecule has 0 aromatic carbocycles. The number of thioether (sulfide) groups is 1. The van der Waals surface area contributed by atoms with E-state index in [4.69, 9.17) is 9.73 Å². The highest BCUT2D eigenvalue weighted by Crippen LogP contribution is 2.34. The predicted molar refractivity (Wildman–Crippen MR) is 96.8 cm³/mol. The van der Waals surface area contributed by atoms with E-state index in [1.165, 1.54) is 25.7 Å². The van der Waals surface area contributed by atoms with Gasteiger partial charge in [-0.2, -0.15) is 11.8 Å². The van der Waals surface area contributed by atoms with E-state index in [-0.39, 0.29) is 4.75 Å². The van der Waals surface area contributed by atoms with Gasteiger partial charge in [0.1, 0.15) is 0 Å². The van der Waals surface area contributed by atoms with E-state index in [2.05, 4.69) is 30.7 Å². The average Bonchev–Trinajstić information content (AvgIpc) is 2.54. The van der Waals surface area contributed by atoms with Gasteiger partial charge in [-0.1, -0.05) is 19.8 Å². The molecule has 2 fully saturated rings. The number of ether oxygens (including phenoxy) is 1. The maximum Gasteiger partial charge on any atom is 0.191 e. The molecule has 1 heterocycles. The van der Waals surface area contributed by atoms with Crippen LogP contribution in [0.1, 0.15) is 52.4 Å². The van der Waals surface area contributed by atoms with E-state index in [9.17, 15) is 0 Å². The van der Waals surface area contributed by atoms with Gasteiger partial charge in [0.2, 0.25) is 0 Å². The number of hydrogen-bond acceptors (Lipinski definition) is 3. The topological polar surface area (TPSA) is 45.7 Å². The standard InChI is InChI=1S/C17H33N3OS/c1-4-18-16(20-15-7-5-6-14(2)12-15)19-13-17(22-3)8-10-21-11-9-17/h14-15H,4-13H2,1-3H3,(H2,18,19,20). The zero-order chi connectivity index (χ0) is 15.8. The molecule has 1 saturated carbocycles. The summed E-state index contributed by atoms with van der Waals surface area (Å²) in [6.07, 6.45) is 9.69. The Balaban J connectivity index is 1.93. The van der Waals surface area contributed by atoms with Crippen LogP contribution in [0.2, 0.25) is 0 Å². The zero-order valence-corrected chi connectivity index (χ0v) is 15.3. The van der Waals surface area contributed by atoms with Crippen LogP contribution < -0.4 is 10.6 Å². The molecular formula is C17H33N3OS. The fourth-order valence-electron chi connectivity index (χ4n) is 3.47. The normalized spacial score (nSPS) is 29.1. The van der Waals surface area contributed by atoms with Gasteiger partial charge in [-0.3, -0.25) is 4.99 Å². The number of guanidine groups is 1. The highest BCUT2D eigenvalue weighted by atomic mass is 32.2. The summed E-state index contributed by atoms with van der Waals surface area (Å²) in [5.74, 6) is 1.84. The number of aliphatic imine (C=N–C) groups is 1. The van der Waals surface area contributed by atoms with Gasteiger partial charge in [0.25, 0.3) is 0 Å². The van der Waals surface area contributed by atoms with E-state index in [0.29, 0.717) is 6.04 Å². The van der Waals surface area contributed by atoms with E-state index < -0.39 is 0 Å². The van der Waals surface area contributed by atoms with Crippen LogP contribution in [0, 0.1) is 5.92 Å². The molecule has 2 rings (SSSR count). The van der Waals surface area contributed by atoms with Gasteiger partial charge in [-0.25, -0.2) is 0 Å². The van der Waals surface area contributed by atoms with Gasteiger partial charge in [0.15, 0.2) is 5.96 Å². The Morgan fingerprint density at radius 3 is 2.73 bits per heavy atom. The zero-order valence-electron chi connectivity index (χ0n) is 14.5. The molecule has 0 radical (unpaired) electrons. The van der Waals surface area contributed by atoms with Crippen LogP contribution in [0.4, 0.5) is 0 Å². The van der Waals surface area contributed by atoms with Crippen molar-refractivity contribution >= 4 is 17.7 Å². The third-order valence-electron chi connectivity index (χ3n) is 4.98. The molecule has 2 N–H and O–H groups in total. The summed E-state index contributed by atoms with van der Waals surface area (Å²) in [6.45, 7) is 8.06. The number of nitrogens with zero attached hydrogens (tertiary/aromatic N) is 1. The van der Waals surface area contributed by atoms with Gasteiger partial charge in [-0.05, 0) is 44.8 Å². The predicted octanol–water partition coefficient (Wildman–Crippen LogP) is 3.03. The Bertz CT molecular complexity index is 356. The first-order valence-corrected chi connectivity index (χ1v) is 10.1. The lowest BCUT2D eigenvalue weighted by Crippen LogP contribution is -2.46. The van der Waals surface area contributed by atoms with Crippen LogP contribution in [-0.2, 0) is 4.74 Å². The Kier molecular flexibility index (Phi) is 7.35. The molecule has 128 valence electrons. The highest BCUT2D eigenvalue weighted by Gasteiger charge is 2.31. The fraction of sp³-hybridized carbons (Fsp3) is 0.941. The van der Waals surface area contributed by atoms with Crippen LogP contribution in [0.25, 0.3) is 0 Å². The minimum atomic E-state index is 0.264. The number of nitrogens with one attached hydrogen (secondary N) is 2. The molecule has 1 saturated heterocycles. The van der Waals surface area contributed by atoms with Crippen molar-refractivity contribution in [3.63, 3.8) is 0 Å². The SMILES string of the molecule is CCNC(=NCC1(SC)CCOCC1)NC1CCCC(C)C1. The van der Waals surface area contributed by atoms with E-state index in [1.54, 1.807) is 0 Å². The summed E-state index contributed by atoms with van der Waals surface area (Å²) in [7, 11) is 0. The molecule has 1 aliphatic carbocycles. The molecule has 1 aliphatic heterocycles. The maximum atomic E-state index is 5.52. The van der Waals surface area contributed by atoms with Crippen LogP contribution in [0.5, 0.6) is 0 Å². The third kappa shape index (κ3) is 5.34. The smallest absolute Gasteiger partial charge is 0.191 e. The molecule has 0 aromatic heterocycles. The van der Waals surface area contributed by atoms with Gasteiger partial charge in [0, 0.05) is 30.5 Å². The number of rotatable bonds is 5. The van der Waals surface area contributed by atoms with Crippen molar-refractivity contribution in [2.24, 2.45) is 10.9 Å². The lowest BCUT2D eigenvalue weighted by atomic mass is 9.87. The molecule has 4 nitrogen and oxygen atoms in total. The average molecular weight is 328 g/mol. The van der Waals surface area contributed by atoms with Crippen LogP contribution in [-0.4, -0.2) is 49.3 Å². The summed E-state index contributed by atoms with van der Waals surface area (Å²) >= 11 is 1.96. The lowest BCUT2D eigenvalue weighted by Gasteiger charge is -2.34. The van der Waals surface area contributed by atoms with Crippen molar-refractivity contribution in [3.05, 3.63) is 0 Å². The molecule has 0 amide bonds. The molecular weight excluding hydrogens is 294 g/mol. The van der Waals surface area contributed by atoms with Gasteiger partial charge in [0.05, 0.1) is 6.54 Å². The highest BCUT2D eigenvalue weighted by molar-refractivity contribution is 8.00. The second-order valence-electron chi connectivity index (χ2n) is 6.81. The van der Waals surface area contributed by atoms with Gasteiger partial charge < -0.3 is 15.4 Å². The Hall–Kier alpha value is -0.420. The minimum Gasteiger partial charge on any atom is -0.381 e. The third-order valence-corrected chi connectivity index (χ3v) is 6.39. The maximum absolute atomic E-state index is 5.52. The largest absolute Gasteiger partial charge is 0.381 e. The summed E-state index contributed by atoms with van der Waals surface area (Å²) < 4.78 is 5.79. The van der Waals surface area contributed by atoms with Crippen molar-refractivity contribution in [1.82, 2.24) is 10.6 Å². The van der Waals surface area contributed by atoms with E-state index >= 15 is 0 Å². The van der Waals surface area contributed by atoms with Crippen molar-refractivity contribution in [3.8, 4) is 0 Å². The molecule has 0 bridgehead atoms. The molecule has 0 spiro atoms. The second-order valence-corrected chi connectivity index (χ2v) is 8.08. The van der Waals surface area contributed by atoms with Gasteiger partial charge in [-0.15, -0.1) is 0 Å².